The lowest BCUT2D eigenvalue weighted by Crippen LogP contribution is -2.11. The van der Waals surface area contributed by atoms with Gasteiger partial charge in [0.25, 0.3) is 0 Å². The number of hydrogen-bond acceptors (Lipinski definition) is 4. The lowest BCUT2D eigenvalue weighted by Gasteiger charge is -2.05. The molecular weight excluding hydrogens is 438 g/mol. The summed E-state index contributed by atoms with van der Waals surface area (Å²) in [7, 11) is 3.14. The van der Waals surface area contributed by atoms with Crippen molar-refractivity contribution < 1.29 is 19.1 Å². The lowest BCUT2D eigenvalue weighted by atomic mass is 9.98. The fraction of sp³-hybridized carbons (Fsp3) is 0.767. The maximum absolute atomic E-state index is 12.9. The van der Waals surface area contributed by atoms with Crippen LogP contribution in [0.1, 0.15) is 155 Å². The quantitative estimate of drug-likeness (QED) is 0.0991. The molecule has 200 valence electrons. The summed E-state index contributed by atoms with van der Waals surface area (Å²) < 4.78 is 6.43. The van der Waals surface area contributed by atoms with Crippen LogP contribution in [0.3, 0.4) is 0 Å². The molecule has 1 aromatic heterocycles. The van der Waals surface area contributed by atoms with Crippen LogP contribution in [0, 0.1) is 13.8 Å². The monoisotopic (exact) mass is 489 g/mol. The molecule has 0 saturated carbocycles. The van der Waals surface area contributed by atoms with E-state index in [1.165, 1.54) is 90.6 Å². The third-order valence-electron chi connectivity index (χ3n) is 7.26. The van der Waals surface area contributed by atoms with Crippen molar-refractivity contribution in [1.29, 1.82) is 0 Å². The minimum absolute atomic E-state index is 0.0570. The Morgan fingerprint density at radius 3 is 1.57 bits per heavy atom. The van der Waals surface area contributed by atoms with Gasteiger partial charge >= 0.3 is 5.97 Å². The Hall–Kier alpha value is -1.91. The molecule has 0 fully saturated rings. The van der Waals surface area contributed by atoms with Crippen LogP contribution in [-0.4, -0.2) is 29.2 Å². The first-order valence-electron chi connectivity index (χ1n) is 14.1. The summed E-state index contributed by atoms with van der Waals surface area (Å²) in [6.45, 7) is 6.01. The van der Waals surface area contributed by atoms with Crippen molar-refractivity contribution in [2.75, 3.05) is 7.11 Å². The number of unbranched alkanes of at least 4 members (excludes halogenated alkanes) is 14. The van der Waals surface area contributed by atoms with Crippen LogP contribution < -0.4 is 0 Å². The van der Waals surface area contributed by atoms with E-state index in [4.69, 9.17) is 0 Å². The van der Waals surface area contributed by atoms with Crippen molar-refractivity contribution >= 4 is 17.5 Å². The van der Waals surface area contributed by atoms with Crippen molar-refractivity contribution in [3.63, 3.8) is 0 Å². The van der Waals surface area contributed by atoms with E-state index in [0.717, 1.165) is 24.1 Å². The zero-order chi connectivity index (χ0) is 26.1. The SMILES string of the molecule is CCCCCCCCCCCCCCCCCC(=O)c1c(C)c(C(=O)CCC(=O)OC)n(C)c1C. The molecule has 1 aromatic rings. The predicted molar refractivity (Wildman–Crippen MR) is 144 cm³/mol. The highest BCUT2D eigenvalue weighted by atomic mass is 16.5. The molecule has 0 aromatic carbocycles. The molecule has 0 amide bonds. The third kappa shape index (κ3) is 11.6. The summed E-state index contributed by atoms with van der Waals surface area (Å²) in [5.41, 5.74) is 2.78. The first-order valence-corrected chi connectivity index (χ1v) is 14.1. The Morgan fingerprint density at radius 1 is 0.657 bits per heavy atom. The summed E-state index contributed by atoms with van der Waals surface area (Å²) in [5.74, 6) is -0.395. The van der Waals surface area contributed by atoms with Crippen molar-refractivity contribution in [3.05, 3.63) is 22.5 Å². The summed E-state index contributed by atoms with van der Waals surface area (Å²) in [5, 5.41) is 0. The van der Waals surface area contributed by atoms with Gasteiger partial charge in [-0.2, -0.15) is 0 Å². The topological polar surface area (TPSA) is 65.4 Å². The van der Waals surface area contributed by atoms with Gasteiger partial charge in [-0.05, 0) is 25.8 Å². The number of hydrogen-bond donors (Lipinski definition) is 0. The van der Waals surface area contributed by atoms with Gasteiger partial charge in [0.2, 0.25) is 0 Å². The lowest BCUT2D eigenvalue weighted by molar-refractivity contribution is -0.140. The van der Waals surface area contributed by atoms with Crippen LogP contribution in [0.2, 0.25) is 0 Å². The fourth-order valence-electron chi connectivity index (χ4n) is 5.00. The number of aromatic nitrogens is 1. The smallest absolute Gasteiger partial charge is 0.305 e. The molecule has 0 N–H and O–H groups in total. The number of methoxy groups -OCH3 is 1. The van der Waals surface area contributed by atoms with Gasteiger partial charge in [-0.1, -0.05) is 96.8 Å². The highest BCUT2D eigenvalue weighted by molar-refractivity contribution is 6.05. The molecule has 5 heteroatoms. The summed E-state index contributed by atoms with van der Waals surface area (Å²) >= 11 is 0. The Kier molecular flexibility index (Phi) is 16.3. The Bertz CT molecular complexity index is 778. The molecule has 1 heterocycles. The number of rotatable bonds is 21. The fourth-order valence-corrected chi connectivity index (χ4v) is 5.00. The van der Waals surface area contributed by atoms with Gasteiger partial charge in [0.05, 0.1) is 19.2 Å². The van der Waals surface area contributed by atoms with Crippen LogP contribution in [0.5, 0.6) is 0 Å². The van der Waals surface area contributed by atoms with Gasteiger partial charge in [-0.3, -0.25) is 14.4 Å². The number of ketones is 2. The minimum atomic E-state index is -0.397. The average molecular weight is 490 g/mol. The highest BCUT2D eigenvalue weighted by Gasteiger charge is 2.24. The van der Waals surface area contributed by atoms with E-state index >= 15 is 0 Å². The zero-order valence-electron chi connectivity index (χ0n) is 23.3. The first kappa shape index (κ1) is 31.1. The second kappa shape index (κ2) is 18.4. The zero-order valence-corrected chi connectivity index (χ0v) is 23.3. The average Bonchev–Trinajstić information content (AvgIpc) is 3.07. The van der Waals surface area contributed by atoms with Crippen LogP contribution in [0.4, 0.5) is 0 Å². The van der Waals surface area contributed by atoms with Gasteiger partial charge in [-0.25, -0.2) is 0 Å². The van der Waals surface area contributed by atoms with E-state index in [2.05, 4.69) is 11.7 Å². The number of nitrogens with zero attached hydrogens (tertiary/aromatic N) is 1. The Balaban J connectivity index is 2.24. The largest absolute Gasteiger partial charge is 0.469 e. The van der Waals surface area contributed by atoms with Crippen LogP contribution in [-0.2, 0) is 16.6 Å². The number of esters is 1. The van der Waals surface area contributed by atoms with E-state index in [1.807, 2.05) is 20.9 Å². The number of carbonyl (C=O) groups is 3. The van der Waals surface area contributed by atoms with Crippen molar-refractivity contribution in [1.82, 2.24) is 4.57 Å². The van der Waals surface area contributed by atoms with E-state index in [-0.39, 0.29) is 24.4 Å². The maximum atomic E-state index is 12.9. The molecule has 0 bridgehead atoms. The summed E-state index contributed by atoms with van der Waals surface area (Å²) in [6.07, 6.45) is 20.2. The highest BCUT2D eigenvalue weighted by Crippen LogP contribution is 2.25. The number of Topliss-reactive ketones (excluding diaryl/α,β-unsaturated/α-hetero) is 2. The normalized spacial score (nSPS) is 11.1. The standard InChI is InChI=1S/C30H51NO4/c1-6-7-8-9-10-11-12-13-14-15-16-17-18-19-20-21-26(32)29-24(2)30(31(4)25(29)3)27(33)22-23-28(34)35-5/h6-23H2,1-5H3. The van der Waals surface area contributed by atoms with Crippen molar-refractivity contribution in [2.24, 2.45) is 7.05 Å². The number of ether oxygens (including phenoxy) is 1. The van der Waals surface area contributed by atoms with Crippen LogP contribution in [0.15, 0.2) is 0 Å². The van der Waals surface area contributed by atoms with Crippen molar-refractivity contribution in [2.45, 2.75) is 136 Å². The Morgan fingerprint density at radius 2 is 1.11 bits per heavy atom. The van der Waals surface area contributed by atoms with Crippen LogP contribution in [0.25, 0.3) is 0 Å². The number of carbonyl (C=O) groups excluding carboxylic acids is 3. The second-order valence-corrected chi connectivity index (χ2v) is 10.1. The molecule has 35 heavy (non-hydrogen) atoms. The molecular formula is C30H51NO4. The van der Waals surface area contributed by atoms with E-state index in [1.54, 1.807) is 4.57 Å². The summed E-state index contributed by atoms with van der Waals surface area (Å²) in [6, 6.07) is 0. The molecule has 0 spiro atoms. The van der Waals surface area contributed by atoms with Crippen LogP contribution >= 0.6 is 0 Å². The predicted octanol–water partition coefficient (Wildman–Crippen LogP) is 8.22. The molecule has 5 nitrogen and oxygen atoms in total. The Labute approximate surface area is 214 Å². The van der Waals surface area contributed by atoms with Gasteiger partial charge in [-0.15, -0.1) is 0 Å². The molecule has 0 saturated heterocycles. The molecule has 0 atom stereocenters. The van der Waals surface area contributed by atoms with Gasteiger partial charge in [0, 0.05) is 31.1 Å². The molecule has 0 aliphatic carbocycles. The van der Waals surface area contributed by atoms with E-state index < -0.39 is 5.97 Å². The minimum Gasteiger partial charge on any atom is -0.469 e. The molecule has 0 unspecified atom stereocenters. The maximum Gasteiger partial charge on any atom is 0.305 e. The van der Waals surface area contributed by atoms with Gasteiger partial charge in [0.15, 0.2) is 11.6 Å². The van der Waals surface area contributed by atoms with E-state index in [9.17, 15) is 14.4 Å². The summed E-state index contributed by atoms with van der Waals surface area (Å²) in [4.78, 5) is 37.0. The second-order valence-electron chi connectivity index (χ2n) is 10.1. The molecule has 0 aliphatic rings. The van der Waals surface area contributed by atoms with Crippen molar-refractivity contribution in [3.8, 4) is 0 Å². The van der Waals surface area contributed by atoms with E-state index in [0.29, 0.717) is 17.7 Å². The third-order valence-corrected chi connectivity index (χ3v) is 7.26. The first-order chi connectivity index (χ1) is 16.8. The van der Waals surface area contributed by atoms with Gasteiger partial charge < -0.3 is 9.30 Å². The molecule has 1 rings (SSSR count). The molecule has 0 aliphatic heterocycles. The van der Waals surface area contributed by atoms with Gasteiger partial charge in [0.1, 0.15) is 0 Å². The molecule has 0 radical (unpaired) electrons.